The maximum absolute atomic E-state index is 13.3. The van der Waals surface area contributed by atoms with Crippen molar-refractivity contribution in [2.45, 2.75) is 98.3 Å². The summed E-state index contributed by atoms with van der Waals surface area (Å²) in [5, 5.41) is 9.86. The van der Waals surface area contributed by atoms with Gasteiger partial charge in [0.1, 0.15) is 0 Å². The summed E-state index contributed by atoms with van der Waals surface area (Å²) in [5.74, 6) is 0.359. The Morgan fingerprint density at radius 3 is 1.20 bits per heavy atom. The first-order chi connectivity index (χ1) is 23.9. The second-order valence-corrected chi connectivity index (χ2v) is 18.3. The molecule has 2 heteroatoms. The van der Waals surface area contributed by atoms with Crippen molar-refractivity contribution >= 4 is 53.9 Å². The lowest BCUT2D eigenvalue weighted by Crippen LogP contribution is -2.16. The fourth-order valence-electron chi connectivity index (χ4n) is 8.31. The lowest BCUT2D eigenvalue weighted by Gasteiger charge is -2.27. The van der Waals surface area contributed by atoms with Crippen LogP contribution < -0.4 is 10.9 Å². The maximum atomic E-state index is 13.3. The van der Waals surface area contributed by atoms with Gasteiger partial charge in [-0.05, 0) is 117 Å². The second kappa shape index (κ2) is 10.8. The van der Waals surface area contributed by atoms with Crippen LogP contribution in [-0.2, 0) is 16.2 Å². The SMILES string of the molecule is CC(C)c1cc(-c2c3ccccc3c(-c3cc(C(C)(C)C)cc(C(C)(C)C)c3)c3c4ccc5c(=O)c(=O)c6ccc(c23)c4c65)cc(C(C)(C)C)c1. The van der Waals surface area contributed by atoms with Crippen LogP contribution in [0.5, 0.6) is 0 Å². The Balaban J connectivity index is 1.68. The van der Waals surface area contributed by atoms with Crippen molar-refractivity contribution in [3.8, 4) is 22.3 Å². The fraction of sp³-hybridized carbons (Fsp3) is 0.306. The number of rotatable bonds is 3. The summed E-state index contributed by atoms with van der Waals surface area (Å²) in [4.78, 5) is 26.6. The highest BCUT2D eigenvalue weighted by atomic mass is 16.2. The molecule has 0 aliphatic carbocycles. The van der Waals surface area contributed by atoms with E-state index in [9.17, 15) is 9.59 Å². The molecule has 0 unspecified atom stereocenters. The molecule has 8 aromatic carbocycles. The Hall–Kier alpha value is -4.82. The van der Waals surface area contributed by atoms with Crippen molar-refractivity contribution in [2.24, 2.45) is 0 Å². The number of hydrogen-bond acceptors (Lipinski definition) is 2. The molecule has 0 N–H and O–H groups in total. The Morgan fingerprint density at radius 2 is 0.784 bits per heavy atom. The van der Waals surface area contributed by atoms with Gasteiger partial charge in [0.05, 0.1) is 0 Å². The van der Waals surface area contributed by atoms with Crippen LogP contribution >= 0.6 is 0 Å². The van der Waals surface area contributed by atoms with Crippen LogP contribution in [0.25, 0.3) is 76.1 Å². The Kier molecular flexibility index (Phi) is 7.09. The highest BCUT2D eigenvalue weighted by Crippen LogP contribution is 2.53. The predicted molar refractivity (Wildman–Crippen MR) is 221 cm³/mol. The van der Waals surface area contributed by atoms with Crippen molar-refractivity contribution in [1.29, 1.82) is 0 Å². The van der Waals surface area contributed by atoms with Gasteiger partial charge < -0.3 is 0 Å². The summed E-state index contributed by atoms with van der Waals surface area (Å²) in [6.07, 6.45) is 0. The summed E-state index contributed by atoms with van der Waals surface area (Å²) in [5.41, 5.74) is 9.11. The Morgan fingerprint density at radius 1 is 0.412 bits per heavy atom. The third-order valence-electron chi connectivity index (χ3n) is 11.3. The Labute approximate surface area is 301 Å². The first-order valence-electron chi connectivity index (χ1n) is 18.5. The molecule has 0 heterocycles. The van der Waals surface area contributed by atoms with Gasteiger partial charge in [0.2, 0.25) is 10.9 Å². The molecular formula is C49H48O2. The topological polar surface area (TPSA) is 34.1 Å². The third-order valence-corrected chi connectivity index (χ3v) is 11.3. The molecule has 0 bridgehead atoms. The summed E-state index contributed by atoms with van der Waals surface area (Å²) in [7, 11) is 0. The van der Waals surface area contributed by atoms with Crippen LogP contribution in [0.2, 0.25) is 0 Å². The summed E-state index contributed by atoms with van der Waals surface area (Å²) in [6, 6.07) is 31.3. The van der Waals surface area contributed by atoms with Gasteiger partial charge in [-0.15, -0.1) is 0 Å². The first kappa shape index (κ1) is 33.3. The van der Waals surface area contributed by atoms with Gasteiger partial charge in [0.25, 0.3) is 0 Å². The summed E-state index contributed by atoms with van der Waals surface area (Å²) >= 11 is 0. The van der Waals surface area contributed by atoms with Crippen LogP contribution in [-0.4, -0.2) is 0 Å². The van der Waals surface area contributed by atoms with E-state index in [4.69, 9.17) is 0 Å². The van der Waals surface area contributed by atoms with E-state index in [1.54, 1.807) is 0 Å². The molecule has 0 aromatic heterocycles. The summed E-state index contributed by atoms with van der Waals surface area (Å²) in [6.45, 7) is 25.2. The number of fused-ring (bicyclic) bond motifs is 4. The molecule has 0 aliphatic rings. The zero-order valence-corrected chi connectivity index (χ0v) is 32.0. The molecule has 0 atom stereocenters. The van der Waals surface area contributed by atoms with Gasteiger partial charge in [-0.3, -0.25) is 9.59 Å². The lowest BCUT2D eigenvalue weighted by molar-refractivity contribution is 0.569. The van der Waals surface area contributed by atoms with E-state index >= 15 is 0 Å². The second-order valence-electron chi connectivity index (χ2n) is 18.3. The molecule has 0 amide bonds. The van der Waals surface area contributed by atoms with Crippen molar-refractivity contribution < 1.29 is 0 Å². The van der Waals surface area contributed by atoms with Gasteiger partial charge in [-0.25, -0.2) is 0 Å². The van der Waals surface area contributed by atoms with Crippen LogP contribution in [0.15, 0.2) is 94.5 Å². The molecule has 0 aliphatic heterocycles. The zero-order valence-electron chi connectivity index (χ0n) is 32.0. The van der Waals surface area contributed by atoms with E-state index in [1.807, 2.05) is 12.1 Å². The minimum atomic E-state index is -0.401. The maximum Gasteiger partial charge on any atom is 0.234 e. The molecular weight excluding hydrogens is 621 g/mol. The highest BCUT2D eigenvalue weighted by molar-refractivity contribution is 6.42. The molecule has 256 valence electrons. The molecule has 2 nitrogen and oxygen atoms in total. The molecule has 8 aromatic rings. The van der Waals surface area contributed by atoms with Gasteiger partial charge in [-0.2, -0.15) is 0 Å². The standard InChI is InChI=1S/C49H48O2/c1-26(2)27-20-28(22-30(21-27)47(3,4)5)39-33-14-12-13-15-34(33)40(29-23-31(48(6,7)8)25-32(24-29)49(9,10)11)44-36-17-19-38-42-37(45(50)46(38)51)18-16-35(41(36)42)43(39)44/h12-26H,1-11H3. The van der Waals surface area contributed by atoms with Crippen LogP contribution in [0.1, 0.15) is 104 Å². The van der Waals surface area contributed by atoms with Crippen molar-refractivity contribution in [1.82, 2.24) is 0 Å². The van der Waals surface area contributed by atoms with E-state index in [-0.39, 0.29) is 16.2 Å². The summed E-state index contributed by atoms with van der Waals surface area (Å²) < 4.78 is 0. The molecule has 0 radical (unpaired) electrons. The van der Waals surface area contributed by atoms with Crippen LogP contribution in [0.4, 0.5) is 0 Å². The smallest absolute Gasteiger partial charge is 0.234 e. The number of hydrogen-bond donors (Lipinski definition) is 0. The number of benzene rings is 6. The van der Waals surface area contributed by atoms with E-state index in [0.29, 0.717) is 16.7 Å². The van der Waals surface area contributed by atoms with Crippen LogP contribution in [0.3, 0.4) is 0 Å². The molecule has 0 fully saturated rings. The Bertz CT molecular complexity index is 2740. The molecule has 51 heavy (non-hydrogen) atoms. The van der Waals surface area contributed by atoms with Crippen molar-refractivity contribution in [3.05, 3.63) is 128 Å². The van der Waals surface area contributed by atoms with Crippen molar-refractivity contribution in [3.63, 3.8) is 0 Å². The van der Waals surface area contributed by atoms with E-state index in [0.717, 1.165) is 21.5 Å². The van der Waals surface area contributed by atoms with Crippen LogP contribution in [0, 0.1) is 0 Å². The molecule has 0 saturated carbocycles. The average Bonchev–Trinajstić information content (AvgIpc) is 3.52. The minimum Gasteiger partial charge on any atom is -0.285 e. The lowest BCUT2D eigenvalue weighted by atomic mass is 9.77. The molecule has 8 rings (SSSR count). The van der Waals surface area contributed by atoms with Gasteiger partial charge >= 0.3 is 0 Å². The minimum absolute atomic E-state index is 0.0401. The normalized spacial score (nSPS) is 13.3. The highest BCUT2D eigenvalue weighted by Gasteiger charge is 2.29. The van der Waals surface area contributed by atoms with E-state index in [1.165, 1.54) is 66.1 Å². The predicted octanol–water partition coefficient (Wildman–Crippen LogP) is 12.8. The third kappa shape index (κ3) is 4.97. The molecule has 0 spiro atoms. The molecule has 0 saturated heterocycles. The van der Waals surface area contributed by atoms with Gasteiger partial charge in [-0.1, -0.05) is 149 Å². The zero-order chi connectivity index (χ0) is 36.5. The van der Waals surface area contributed by atoms with Gasteiger partial charge in [0, 0.05) is 16.2 Å². The largest absolute Gasteiger partial charge is 0.285 e. The van der Waals surface area contributed by atoms with E-state index in [2.05, 4.69) is 149 Å². The van der Waals surface area contributed by atoms with E-state index < -0.39 is 10.9 Å². The van der Waals surface area contributed by atoms with Gasteiger partial charge in [0.15, 0.2) is 0 Å². The monoisotopic (exact) mass is 668 g/mol. The average molecular weight is 669 g/mol. The van der Waals surface area contributed by atoms with Crippen molar-refractivity contribution in [2.75, 3.05) is 0 Å². The quantitative estimate of drug-likeness (QED) is 0.176. The first-order valence-corrected chi connectivity index (χ1v) is 18.5. The fourth-order valence-corrected chi connectivity index (χ4v) is 8.31.